The highest BCUT2D eigenvalue weighted by atomic mass is 79.9. The number of halogens is 1. The minimum atomic E-state index is -0.132. The number of hydrogen-bond donors (Lipinski definition) is 3. The number of rotatable bonds is 7. The van der Waals surface area contributed by atoms with Gasteiger partial charge in [-0.3, -0.25) is 9.59 Å². The van der Waals surface area contributed by atoms with Gasteiger partial charge in [0, 0.05) is 29.5 Å². The number of piperidine rings is 1. The van der Waals surface area contributed by atoms with Crippen molar-refractivity contribution in [2.24, 2.45) is 11.8 Å². The Labute approximate surface area is 152 Å². The first-order valence-electron chi connectivity index (χ1n) is 8.57. The summed E-state index contributed by atoms with van der Waals surface area (Å²) in [7, 11) is 0. The maximum Gasteiger partial charge on any atom is 0.251 e. The van der Waals surface area contributed by atoms with E-state index in [1.807, 2.05) is 12.1 Å². The molecule has 0 spiro atoms. The Balaban J connectivity index is 1.62. The van der Waals surface area contributed by atoms with Gasteiger partial charge >= 0.3 is 0 Å². The van der Waals surface area contributed by atoms with Crippen LogP contribution in [0.4, 0.5) is 0 Å². The van der Waals surface area contributed by atoms with Crippen LogP contribution >= 0.6 is 15.9 Å². The molecular weight excluding hydrogens is 370 g/mol. The van der Waals surface area contributed by atoms with Crippen molar-refractivity contribution in [2.45, 2.75) is 26.2 Å². The summed E-state index contributed by atoms with van der Waals surface area (Å²) in [6.07, 6.45) is 2.94. The summed E-state index contributed by atoms with van der Waals surface area (Å²) >= 11 is 3.35. The highest BCUT2D eigenvalue weighted by Gasteiger charge is 2.21. The molecule has 2 rings (SSSR count). The third-order valence-electron chi connectivity index (χ3n) is 4.47. The van der Waals surface area contributed by atoms with E-state index in [0.29, 0.717) is 36.9 Å². The zero-order chi connectivity index (χ0) is 17.4. The fourth-order valence-electron chi connectivity index (χ4n) is 3.01. The fourth-order valence-corrected chi connectivity index (χ4v) is 3.40. The van der Waals surface area contributed by atoms with Gasteiger partial charge in [-0.05, 0) is 56.0 Å². The number of nitrogens with one attached hydrogen (secondary N) is 3. The van der Waals surface area contributed by atoms with E-state index < -0.39 is 0 Å². The van der Waals surface area contributed by atoms with E-state index in [4.69, 9.17) is 0 Å². The first-order valence-corrected chi connectivity index (χ1v) is 9.36. The lowest BCUT2D eigenvalue weighted by Crippen LogP contribution is -2.37. The molecule has 1 aromatic rings. The van der Waals surface area contributed by atoms with Crippen LogP contribution in [0.15, 0.2) is 28.7 Å². The van der Waals surface area contributed by atoms with Crippen LogP contribution in [0.2, 0.25) is 0 Å². The van der Waals surface area contributed by atoms with Gasteiger partial charge in [-0.25, -0.2) is 0 Å². The molecule has 1 aromatic carbocycles. The molecule has 24 heavy (non-hydrogen) atoms. The van der Waals surface area contributed by atoms with E-state index in [2.05, 4.69) is 38.8 Å². The number of carbonyl (C=O) groups excluding carboxylic acids is 2. The number of hydrogen-bond acceptors (Lipinski definition) is 3. The molecule has 0 aromatic heterocycles. The summed E-state index contributed by atoms with van der Waals surface area (Å²) in [6.45, 7) is 5.13. The largest absolute Gasteiger partial charge is 0.354 e. The predicted octanol–water partition coefficient (Wildman–Crippen LogP) is 2.32. The van der Waals surface area contributed by atoms with E-state index in [9.17, 15) is 9.59 Å². The molecule has 1 aliphatic rings. The van der Waals surface area contributed by atoms with Gasteiger partial charge < -0.3 is 16.0 Å². The Kier molecular flexibility index (Phi) is 7.72. The van der Waals surface area contributed by atoms with Crippen molar-refractivity contribution in [1.82, 2.24) is 16.0 Å². The van der Waals surface area contributed by atoms with Gasteiger partial charge in [0.15, 0.2) is 0 Å². The van der Waals surface area contributed by atoms with Gasteiger partial charge in [-0.2, -0.15) is 0 Å². The minimum Gasteiger partial charge on any atom is -0.354 e. The average molecular weight is 396 g/mol. The molecule has 6 heteroatoms. The molecule has 132 valence electrons. The van der Waals surface area contributed by atoms with Crippen LogP contribution in [0, 0.1) is 11.8 Å². The summed E-state index contributed by atoms with van der Waals surface area (Å²) in [6, 6.07) is 7.23. The summed E-state index contributed by atoms with van der Waals surface area (Å²) < 4.78 is 0.870. The van der Waals surface area contributed by atoms with Crippen molar-refractivity contribution in [3.8, 4) is 0 Å². The van der Waals surface area contributed by atoms with Crippen LogP contribution in [0.3, 0.4) is 0 Å². The van der Waals surface area contributed by atoms with Gasteiger partial charge in [0.25, 0.3) is 5.91 Å². The molecule has 0 bridgehead atoms. The van der Waals surface area contributed by atoms with Crippen molar-refractivity contribution in [3.63, 3.8) is 0 Å². The third-order valence-corrected chi connectivity index (χ3v) is 4.96. The minimum absolute atomic E-state index is 0.0600. The summed E-state index contributed by atoms with van der Waals surface area (Å²) in [5.41, 5.74) is 0.606. The number of benzene rings is 1. The highest BCUT2D eigenvalue weighted by molar-refractivity contribution is 9.10. The molecule has 2 amide bonds. The maximum atomic E-state index is 12.0. The van der Waals surface area contributed by atoms with Crippen LogP contribution in [0.25, 0.3) is 0 Å². The van der Waals surface area contributed by atoms with Crippen LogP contribution in [0.1, 0.15) is 36.5 Å². The Hall–Kier alpha value is -1.40. The summed E-state index contributed by atoms with van der Waals surface area (Å²) in [5.74, 6) is 0.895. The van der Waals surface area contributed by atoms with Crippen molar-refractivity contribution >= 4 is 27.7 Å². The molecule has 1 saturated heterocycles. The zero-order valence-corrected chi connectivity index (χ0v) is 15.7. The Morgan fingerprint density at radius 3 is 2.83 bits per heavy atom. The lowest BCUT2D eigenvalue weighted by molar-refractivity contribution is -0.122. The van der Waals surface area contributed by atoms with Crippen molar-refractivity contribution in [3.05, 3.63) is 34.3 Å². The Bertz CT molecular complexity index is 559. The van der Waals surface area contributed by atoms with Gasteiger partial charge in [0.2, 0.25) is 5.91 Å². The van der Waals surface area contributed by atoms with E-state index in [1.54, 1.807) is 12.1 Å². The van der Waals surface area contributed by atoms with Gasteiger partial charge in [-0.1, -0.05) is 28.9 Å². The van der Waals surface area contributed by atoms with Gasteiger partial charge in [0.1, 0.15) is 0 Å². The molecule has 0 aliphatic carbocycles. The lowest BCUT2D eigenvalue weighted by atomic mass is 9.85. The number of amides is 2. The van der Waals surface area contributed by atoms with E-state index in [1.165, 1.54) is 12.8 Å². The van der Waals surface area contributed by atoms with Crippen molar-refractivity contribution < 1.29 is 9.59 Å². The third kappa shape index (κ3) is 6.24. The van der Waals surface area contributed by atoms with E-state index >= 15 is 0 Å². The van der Waals surface area contributed by atoms with Gasteiger partial charge in [0.05, 0.1) is 0 Å². The number of carbonyl (C=O) groups is 2. The molecule has 0 radical (unpaired) electrons. The summed E-state index contributed by atoms with van der Waals surface area (Å²) in [4.78, 5) is 24.0. The monoisotopic (exact) mass is 395 g/mol. The van der Waals surface area contributed by atoms with Crippen LogP contribution in [-0.4, -0.2) is 38.0 Å². The molecule has 2 unspecified atom stereocenters. The van der Waals surface area contributed by atoms with E-state index in [0.717, 1.165) is 17.6 Å². The predicted molar refractivity (Wildman–Crippen MR) is 98.9 cm³/mol. The van der Waals surface area contributed by atoms with Crippen LogP contribution in [0.5, 0.6) is 0 Å². The maximum absolute atomic E-state index is 12.0. The molecule has 1 aliphatic heterocycles. The first-order chi connectivity index (χ1) is 11.6. The lowest BCUT2D eigenvalue weighted by Gasteiger charge is -2.28. The SMILES string of the molecule is CC(CC(=O)NCCNC(=O)c1cccc(Br)c1)C1CCCNC1. The highest BCUT2D eigenvalue weighted by Crippen LogP contribution is 2.22. The molecule has 0 saturated carbocycles. The topological polar surface area (TPSA) is 70.2 Å². The molecule has 2 atom stereocenters. The van der Waals surface area contributed by atoms with Crippen molar-refractivity contribution in [1.29, 1.82) is 0 Å². The van der Waals surface area contributed by atoms with Crippen LogP contribution < -0.4 is 16.0 Å². The standard InChI is InChI=1S/C18H26BrN3O2/c1-13(15-5-3-7-20-12-15)10-17(23)21-8-9-22-18(24)14-4-2-6-16(19)11-14/h2,4,6,11,13,15,20H,3,5,7-10,12H2,1H3,(H,21,23)(H,22,24). The summed E-state index contributed by atoms with van der Waals surface area (Å²) in [5, 5.41) is 9.09. The molecule has 1 heterocycles. The molecule has 1 fully saturated rings. The Morgan fingerprint density at radius 2 is 2.12 bits per heavy atom. The fraction of sp³-hybridized carbons (Fsp3) is 0.556. The first kappa shape index (κ1) is 18.9. The quantitative estimate of drug-likeness (QED) is 0.620. The van der Waals surface area contributed by atoms with Crippen LogP contribution in [-0.2, 0) is 4.79 Å². The molecule has 5 nitrogen and oxygen atoms in total. The second kappa shape index (κ2) is 9.79. The van der Waals surface area contributed by atoms with E-state index in [-0.39, 0.29) is 11.8 Å². The normalized spacial score (nSPS) is 18.7. The average Bonchev–Trinajstić information content (AvgIpc) is 2.59. The Morgan fingerprint density at radius 1 is 1.33 bits per heavy atom. The second-order valence-electron chi connectivity index (χ2n) is 6.40. The van der Waals surface area contributed by atoms with Gasteiger partial charge in [-0.15, -0.1) is 0 Å². The smallest absolute Gasteiger partial charge is 0.251 e. The molecular formula is C18H26BrN3O2. The van der Waals surface area contributed by atoms with Crippen molar-refractivity contribution in [2.75, 3.05) is 26.2 Å². The molecule has 3 N–H and O–H groups in total. The zero-order valence-electron chi connectivity index (χ0n) is 14.1. The second-order valence-corrected chi connectivity index (χ2v) is 7.32.